The van der Waals surface area contributed by atoms with Gasteiger partial charge in [-0.2, -0.15) is 52.7 Å². The molecule has 0 heterocycles. The SMILES string of the molecule is CCC(F)(F)C(F)(F)F.O=C(O)CC(F)(F)C(F)(F)C(F)(F)F. The van der Waals surface area contributed by atoms with Gasteiger partial charge >= 0.3 is 36.1 Å². The Kier molecular flexibility index (Phi) is 7.30. The summed E-state index contributed by atoms with van der Waals surface area (Å²) in [6.07, 6.45) is -15.6. The summed E-state index contributed by atoms with van der Waals surface area (Å²) < 4.78 is 138. The van der Waals surface area contributed by atoms with E-state index in [0.29, 0.717) is 0 Å². The summed E-state index contributed by atoms with van der Waals surface area (Å²) in [7, 11) is 0. The third-order valence-electron chi connectivity index (χ3n) is 2.05. The quantitative estimate of drug-likeness (QED) is 0.710. The van der Waals surface area contributed by atoms with Gasteiger partial charge in [-0.1, -0.05) is 6.92 Å². The number of rotatable bonds is 4. The molecule has 0 aromatic carbocycles. The first-order valence-corrected chi connectivity index (χ1v) is 5.21. The molecule has 0 amide bonds. The summed E-state index contributed by atoms with van der Waals surface area (Å²) in [4.78, 5) is 9.61. The fraction of sp³-hybridized carbons (Fsp3) is 0.889. The largest absolute Gasteiger partial charge is 0.481 e. The van der Waals surface area contributed by atoms with Crippen LogP contribution in [0.15, 0.2) is 0 Å². The molecule has 14 heteroatoms. The van der Waals surface area contributed by atoms with Crippen LogP contribution in [-0.2, 0) is 4.79 Å². The molecule has 0 unspecified atom stereocenters. The van der Waals surface area contributed by atoms with Crippen LogP contribution >= 0.6 is 0 Å². The molecule has 0 saturated heterocycles. The maximum Gasteiger partial charge on any atom is 0.459 e. The van der Waals surface area contributed by atoms with Crippen molar-refractivity contribution in [3.63, 3.8) is 0 Å². The maximum atomic E-state index is 12.1. The van der Waals surface area contributed by atoms with E-state index in [1.807, 2.05) is 0 Å². The van der Waals surface area contributed by atoms with Crippen LogP contribution < -0.4 is 0 Å². The molecule has 0 aliphatic rings. The number of carboxylic acid groups (broad SMARTS) is 1. The van der Waals surface area contributed by atoms with Gasteiger partial charge in [-0.25, -0.2) is 0 Å². The molecule has 0 aromatic heterocycles. The van der Waals surface area contributed by atoms with E-state index in [-0.39, 0.29) is 0 Å². The monoisotopic (exact) mass is 376 g/mol. The van der Waals surface area contributed by atoms with E-state index in [2.05, 4.69) is 0 Å². The number of hydrogen-bond donors (Lipinski definition) is 1. The summed E-state index contributed by atoms with van der Waals surface area (Å²) in [5, 5.41) is 7.70. The molecule has 2 nitrogen and oxygen atoms in total. The minimum absolute atomic E-state index is 0.785. The van der Waals surface area contributed by atoms with Crippen LogP contribution in [0.2, 0.25) is 0 Å². The van der Waals surface area contributed by atoms with E-state index in [0.717, 1.165) is 6.92 Å². The van der Waals surface area contributed by atoms with Crippen molar-refractivity contribution < 1.29 is 62.6 Å². The average molecular weight is 376 g/mol. The van der Waals surface area contributed by atoms with Crippen molar-refractivity contribution in [2.75, 3.05) is 0 Å². The lowest BCUT2D eigenvalue weighted by Gasteiger charge is -2.26. The summed E-state index contributed by atoms with van der Waals surface area (Å²) in [6.45, 7) is 0.785. The highest BCUT2D eigenvalue weighted by Crippen LogP contribution is 2.47. The second-order valence-electron chi connectivity index (χ2n) is 3.90. The number of hydrogen-bond acceptors (Lipinski definition) is 1. The zero-order valence-electron chi connectivity index (χ0n) is 10.8. The Morgan fingerprint density at radius 2 is 1.09 bits per heavy atom. The molecule has 0 aliphatic heterocycles. The van der Waals surface area contributed by atoms with Crippen molar-refractivity contribution in [3.8, 4) is 0 Å². The highest BCUT2D eigenvalue weighted by Gasteiger charge is 2.73. The third kappa shape index (κ3) is 6.33. The number of carboxylic acids is 1. The molecule has 0 rings (SSSR count). The van der Waals surface area contributed by atoms with Gasteiger partial charge in [0.1, 0.15) is 6.42 Å². The first kappa shape index (κ1) is 23.9. The Morgan fingerprint density at radius 1 is 0.739 bits per heavy atom. The highest BCUT2D eigenvalue weighted by atomic mass is 19.4. The zero-order valence-corrected chi connectivity index (χ0v) is 10.8. The number of aliphatic carboxylic acids is 1. The smallest absolute Gasteiger partial charge is 0.459 e. The van der Waals surface area contributed by atoms with Crippen LogP contribution in [0.25, 0.3) is 0 Å². The lowest BCUT2D eigenvalue weighted by Crippen LogP contribution is -2.52. The minimum atomic E-state index is -6.48. The summed E-state index contributed by atoms with van der Waals surface area (Å²) >= 11 is 0. The molecule has 23 heavy (non-hydrogen) atoms. The van der Waals surface area contributed by atoms with Crippen molar-refractivity contribution in [1.29, 1.82) is 0 Å². The van der Waals surface area contributed by atoms with Crippen molar-refractivity contribution in [2.24, 2.45) is 0 Å². The van der Waals surface area contributed by atoms with Crippen LogP contribution in [0.1, 0.15) is 19.8 Å². The van der Waals surface area contributed by atoms with Crippen LogP contribution in [-0.4, -0.2) is 41.2 Å². The van der Waals surface area contributed by atoms with Gasteiger partial charge in [-0.05, 0) is 0 Å². The van der Waals surface area contributed by atoms with E-state index in [9.17, 15) is 57.5 Å². The Bertz CT molecular complexity index is 394. The molecular formula is C9H8F12O2. The van der Waals surface area contributed by atoms with E-state index >= 15 is 0 Å². The fourth-order valence-corrected chi connectivity index (χ4v) is 0.709. The van der Waals surface area contributed by atoms with Crippen LogP contribution in [0, 0.1) is 0 Å². The first-order valence-electron chi connectivity index (χ1n) is 5.21. The topological polar surface area (TPSA) is 37.3 Å². The number of alkyl halides is 12. The first-order chi connectivity index (χ1) is 9.73. The van der Waals surface area contributed by atoms with Gasteiger partial charge in [-0.15, -0.1) is 0 Å². The van der Waals surface area contributed by atoms with Gasteiger partial charge in [0, 0.05) is 6.42 Å². The van der Waals surface area contributed by atoms with Crippen LogP contribution in [0.4, 0.5) is 52.7 Å². The highest BCUT2D eigenvalue weighted by molar-refractivity contribution is 5.68. The summed E-state index contributed by atoms with van der Waals surface area (Å²) in [5.74, 6) is -19.0. The zero-order chi connectivity index (χ0) is 19.5. The lowest BCUT2D eigenvalue weighted by molar-refractivity contribution is -0.354. The predicted molar refractivity (Wildman–Crippen MR) is 49.5 cm³/mol. The fourth-order valence-electron chi connectivity index (χ4n) is 0.709. The third-order valence-corrected chi connectivity index (χ3v) is 2.05. The molecular weight excluding hydrogens is 368 g/mol. The van der Waals surface area contributed by atoms with Gasteiger partial charge in [0.15, 0.2) is 0 Å². The van der Waals surface area contributed by atoms with E-state index in [1.165, 1.54) is 0 Å². The standard InChI is InChI=1S/C5H3F7O2.C4H5F5/c6-3(7,1-2(13)14)4(8,9)5(10,11)12;1-2-3(5,6)4(7,8)9/h1H2,(H,13,14);2H2,1H3. The normalized spacial score (nSPS) is 14.1. The Hall–Kier alpha value is -1.37. The van der Waals surface area contributed by atoms with Gasteiger partial charge < -0.3 is 5.11 Å². The van der Waals surface area contributed by atoms with Gasteiger partial charge in [0.25, 0.3) is 0 Å². The number of halogens is 12. The Morgan fingerprint density at radius 3 is 1.22 bits per heavy atom. The van der Waals surface area contributed by atoms with E-state index in [1.54, 1.807) is 0 Å². The molecule has 0 aromatic rings. The molecule has 140 valence electrons. The van der Waals surface area contributed by atoms with Crippen LogP contribution in [0.3, 0.4) is 0 Å². The molecule has 0 spiro atoms. The minimum Gasteiger partial charge on any atom is -0.481 e. The molecule has 0 saturated carbocycles. The average Bonchev–Trinajstić information content (AvgIpc) is 2.24. The molecule has 0 fully saturated rings. The number of carbonyl (C=O) groups is 1. The molecule has 0 aliphatic carbocycles. The molecule has 0 atom stereocenters. The summed E-state index contributed by atoms with van der Waals surface area (Å²) in [5.41, 5.74) is 0. The second kappa shape index (κ2) is 7.03. The van der Waals surface area contributed by atoms with Crippen molar-refractivity contribution >= 4 is 5.97 Å². The van der Waals surface area contributed by atoms with Gasteiger partial charge in [0.05, 0.1) is 0 Å². The Balaban J connectivity index is 0. The van der Waals surface area contributed by atoms with Crippen molar-refractivity contribution in [3.05, 3.63) is 0 Å². The van der Waals surface area contributed by atoms with E-state index < -0.39 is 48.9 Å². The van der Waals surface area contributed by atoms with Gasteiger partial charge in [-0.3, -0.25) is 4.79 Å². The summed E-state index contributed by atoms with van der Waals surface area (Å²) in [6, 6.07) is 0. The van der Waals surface area contributed by atoms with Crippen molar-refractivity contribution in [2.45, 2.75) is 49.9 Å². The van der Waals surface area contributed by atoms with Crippen molar-refractivity contribution in [1.82, 2.24) is 0 Å². The second-order valence-corrected chi connectivity index (χ2v) is 3.90. The lowest BCUT2D eigenvalue weighted by atomic mass is 10.1. The van der Waals surface area contributed by atoms with Gasteiger partial charge in [0.2, 0.25) is 0 Å². The maximum absolute atomic E-state index is 12.1. The Labute approximate surface area is 120 Å². The van der Waals surface area contributed by atoms with E-state index in [4.69, 9.17) is 5.11 Å². The van der Waals surface area contributed by atoms with Crippen LogP contribution in [0.5, 0.6) is 0 Å². The predicted octanol–water partition coefficient (Wildman–Crippen LogP) is 4.89. The molecule has 0 bridgehead atoms. The molecule has 0 radical (unpaired) electrons. The molecule has 1 N–H and O–H groups in total.